The molecule has 36 heavy (non-hydrogen) atoms. The van der Waals surface area contributed by atoms with Crippen molar-refractivity contribution >= 4 is 40.1 Å². The van der Waals surface area contributed by atoms with Gasteiger partial charge in [0.1, 0.15) is 6.26 Å². The lowest BCUT2D eigenvalue weighted by Gasteiger charge is -2.19. The maximum atomic E-state index is 13.2. The molecule has 0 spiro atoms. The molecule has 3 aromatic rings. The number of nitrogens with one attached hydrogen (secondary N) is 3. The number of carboxylic acids is 1. The number of urea groups is 1. The summed E-state index contributed by atoms with van der Waals surface area (Å²) in [4.78, 5) is 37.8. The summed E-state index contributed by atoms with van der Waals surface area (Å²) in [6.45, 7) is 11.1. The minimum absolute atomic E-state index is 0.101. The van der Waals surface area contributed by atoms with Crippen molar-refractivity contribution < 1.29 is 24.2 Å². The monoisotopic (exact) mass is 489 g/mol. The first-order chi connectivity index (χ1) is 16.8. The minimum Gasteiger partial charge on any atom is -0.493 e. The van der Waals surface area contributed by atoms with Gasteiger partial charge in [-0.15, -0.1) is 0 Å². The second kappa shape index (κ2) is 10.5. The zero-order valence-electron chi connectivity index (χ0n) is 21.3. The summed E-state index contributed by atoms with van der Waals surface area (Å²) in [5, 5.41) is 19.1. The van der Waals surface area contributed by atoms with Gasteiger partial charge in [0.15, 0.2) is 5.70 Å². The number of rotatable bonds is 6. The SMILES string of the molecule is Cc1cc(C)c(NC(=O)Nc2cc3ccccc3cc2C(=O)N/C(=C/OC(C)(C)C)C(=O)O)c(C)c1. The van der Waals surface area contributed by atoms with Gasteiger partial charge in [0.25, 0.3) is 5.91 Å². The second-order valence-electron chi connectivity index (χ2n) is 9.62. The zero-order chi connectivity index (χ0) is 26.6. The third kappa shape index (κ3) is 6.63. The molecule has 0 aliphatic rings. The van der Waals surface area contributed by atoms with E-state index in [1.165, 1.54) is 0 Å². The van der Waals surface area contributed by atoms with Crippen LogP contribution in [0.25, 0.3) is 10.8 Å². The van der Waals surface area contributed by atoms with E-state index in [0.29, 0.717) is 5.69 Å². The Labute approximate surface area is 210 Å². The van der Waals surface area contributed by atoms with Gasteiger partial charge in [-0.3, -0.25) is 4.79 Å². The van der Waals surface area contributed by atoms with Gasteiger partial charge in [-0.2, -0.15) is 0 Å². The van der Waals surface area contributed by atoms with E-state index in [1.54, 1.807) is 32.9 Å². The molecule has 3 rings (SSSR count). The Morgan fingerprint density at radius 2 is 1.47 bits per heavy atom. The van der Waals surface area contributed by atoms with E-state index < -0.39 is 29.2 Å². The molecule has 0 bridgehead atoms. The van der Waals surface area contributed by atoms with Gasteiger partial charge < -0.3 is 25.8 Å². The summed E-state index contributed by atoms with van der Waals surface area (Å²) >= 11 is 0. The standard InChI is InChI=1S/C28H31N3O5/c1-16-11-17(2)24(18(3)12-16)31-27(35)30-22-14-20-10-8-7-9-19(20)13-21(22)25(32)29-23(26(33)34)15-36-28(4,5)6/h7-15H,1-6H3,(H,29,32)(H,33,34)(H2,30,31,35)/b23-15+. The first-order valence-electron chi connectivity index (χ1n) is 11.5. The maximum Gasteiger partial charge on any atom is 0.355 e. The van der Waals surface area contributed by atoms with E-state index in [0.717, 1.165) is 33.7 Å². The molecule has 188 valence electrons. The molecule has 0 radical (unpaired) electrons. The number of benzene rings is 3. The summed E-state index contributed by atoms with van der Waals surface area (Å²) in [6.07, 6.45) is 1.00. The Balaban J connectivity index is 1.95. The normalized spacial score (nSPS) is 11.7. The Hall–Kier alpha value is -4.33. The van der Waals surface area contributed by atoms with E-state index >= 15 is 0 Å². The molecule has 3 amide bonds. The highest BCUT2D eigenvalue weighted by atomic mass is 16.5. The van der Waals surface area contributed by atoms with Gasteiger partial charge >= 0.3 is 12.0 Å². The number of ether oxygens (including phenoxy) is 1. The van der Waals surface area contributed by atoms with Crippen molar-refractivity contribution in [1.82, 2.24) is 5.32 Å². The number of anilines is 2. The summed E-state index contributed by atoms with van der Waals surface area (Å²) in [7, 11) is 0. The van der Waals surface area contributed by atoms with E-state index in [1.807, 2.05) is 57.2 Å². The number of hydrogen-bond acceptors (Lipinski definition) is 4. The van der Waals surface area contributed by atoms with Gasteiger partial charge in [-0.1, -0.05) is 42.0 Å². The highest BCUT2D eigenvalue weighted by Gasteiger charge is 2.20. The molecule has 0 unspecified atom stereocenters. The molecular weight excluding hydrogens is 458 g/mol. The van der Waals surface area contributed by atoms with E-state index in [2.05, 4.69) is 16.0 Å². The number of carbonyl (C=O) groups excluding carboxylic acids is 2. The second-order valence-corrected chi connectivity index (χ2v) is 9.62. The van der Waals surface area contributed by atoms with Crippen molar-refractivity contribution in [3.8, 4) is 0 Å². The van der Waals surface area contributed by atoms with Crippen LogP contribution in [0.1, 0.15) is 47.8 Å². The van der Waals surface area contributed by atoms with Crippen LogP contribution in [0.3, 0.4) is 0 Å². The highest BCUT2D eigenvalue weighted by Crippen LogP contribution is 2.26. The van der Waals surface area contributed by atoms with Crippen molar-refractivity contribution in [1.29, 1.82) is 0 Å². The number of carbonyl (C=O) groups is 3. The van der Waals surface area contributed by atoms with Gasteiger partial charge in [-0.25, -0.2) is 9.59 Å². The van der Waals surface area contributed by atoms with E-state index in [4.69, 9.17) is 4.74 Å². The zero-order valence-corrected chi connectivity index (χ0v) is 21.3. The van der Waals surface area contributed by atoms with Crippen molar-refractivity contribution in [3.05, 3.63) is 82.7 Å². The molecule has 0 aliphatic heterocycles. The quantitative estimate of drug-likeness (QED) is 0.255. The van der Waals surface area contributed by atoms with Crippen molar-refractivity contribution in [3.63, 3.8) is 0 Å². The van der Waals surface area contributed by atoms with Gasteiger partial charge in [0.05, 0.1) is 16.9 Å². The molecule has 8 nitrogen and oxygen atoms in total. The molecule has 4 N–H and O–H groups in total. The lowest BCUT2D eigenvalue weighted by atomic mass is 10.0. The van der Waals surface area contributed by atoms with Gasteiger partial charge in [-0.05, 0) is 75.6 Å². The van der Waals surface area contributed by atoms with Crippen LogP contribution in [-0.2, 0) is 9.53 Å². The number of aryl methyl sites for hydroxylation is 3. The predicted octanol–water partition coefficient (Wildman–Crippen LogP) is 5.88. The third-order valence-corrected chi connectivity index (χ3v) is 5.30. The smallest absolute Gasteiger partial charge is 0.355 e. The fourth-order valence-electron chi connectivity index (χ4n) is 3.73. The number of amides is 3. The molecular formula is C28H31N3O5. The first kappa shape index (κ1) is 26.3. The molecule has 3 aromatic carbocycles. The minimum atomic E-state index is -1.36. The third-order valence-electron chi connectivity index (χ3n) is 5.30. The Morgan fingerprint density at radius 1 is 0.889 bits per heavy atom. The lowest BCUT2D eigenvalue weighted by molar-refractivity contribution is -0.133. The van der Waals surface area contributed by atoms with Crippen molar-refractivity contribution in [2.24, 2.45) is 0 Å². The fourth-order valence-corrected chi connectivity index (χ4v) is 3.73. The number of aliphatic carboxylic acids is 1. The van der Waals surface area contributed by atoms with E-state index in [9.17, 15) is 19.5 Å². The van der Waals surface area contributed by atoms with E-state index in [-0.39, 0.29) is 11.3 Å². The molecule has 8 heteroatoms. The lowest BCUT2D eigenvalue weighted by Crippen LogP contribution is -2.30. The molecule has 0 fully saturated rings. The van der Waals surface area contributed by atoms with Gasteiger partial charge in [0, 0.05) is 5.69 Å². The molecule has 0 saturated heterocycles. The average Bonchev–Trinajstić information content (AvgIpc) is 2.77. The van der Waals surface area contributed by atoms with Crippen LogP contribution in [-0.4, -0.2) is 28.6 Å². The van der Waals surface area contributed by atoms with Crippen LogP contribution in [0.4, 0.5) is 16.2 Å². The van der Waals surface area contributed by atoms with Crippen LogP contribution in [0.2, 0.25) is 0 Å². The van der Waals surface area contributed by atoms with Crippen LogP contribution >= 0.6 is 0 Å². The fraction of sp³-hybridized carbons (Fsp3) is 0.250. The topological polar surface area (TPSA) is 117 Å². The highest BCUT2D eigenvalue weighted by molar-refractivity contribution is 6.11. The molecule has 0 aliphatic carbocycles. The van der Waals surface area contributed by atoms with Crippen molar-refractivity contribution in [2.45, 2.75) is 47.1 Å². The van der Waals surface area contributed by atoms with Crippen LogP contribution in [0.5, 0.6) is 0 Å². The summed E-state index contributed by atoms with van der Waals surface area (Å²) in [6, 6.07) is 14.0. The molecule has 0 saturated carbocycles. The Kier molecular flexibility index (Phi) is 7.68. The Morgan fingerprint density at radius 3 is 2.03 bits per heavy atom. The average molecular weight is 490 g/mol. The summed E-state index contributed by atoms with van der Waals surface area (Å²) < 4.78 is 5.41. The van der Waals surface area contributed by atoms with Crippen LogP contribution in [0.15, 0.2) is 60.5 Å². The predicted molar refractivity (Wildman–Crippen MR) is 141 cm³/mol. The van der Waals surface area contributed by atoms with Crippen molar-refractivity contribution in [2.75, 3.05) is 10.6 Å². The van der Waals surface area contributed by atoms with Crippen LogP contribution in [0, 0.1) is 20.8 Å². The Bertz CT molecular complexity index is 1350. The number of hydrogen-bond donors (Lipinski definition) is 4. The molecule has 0 aromatic heterocycles. The maximum absolute atomic E-state index is 13.2. The molecule has 0 heterocycles. The largest absolute Gasteiger partial charge is 0.493 e. The summed E-state index contributed by atoms with van der Waals surface area (Å²) in [5.41, 5.74) is 2.85. The summed E-state index contributed by atoms with van der Waals surface area (Å²) in [5.74, 6) is -2.06. The number of fused-ring (bicyclic) bond motifs is 1. The molecule has 0 atom stereocenters. The van der Waals surface area contributed by atoms with Gasteiger partial charge in [0.2, 0.25) is 0 Å². The first-order valence-corrected chi connectivity index (χ1v) is 11.5. The number of carboxylic acid groups (broad SMARTS) is 1. The van der Waals surface area contributed by atoms with Crippen LogP contribution < -0.4 is 16.0 Å².